The van der Waals surface area contributed by atoms with E-state index in [2.05, 4.69) is 4.99 Å². The molecule has 0 radical (unpaired) electrons. The number of aryl methyl sites for hydroxylation is 1. The number of nitro groups is 1. The first kappa shape index (κ1) is 20.8. The number of methoxy groups -OCH3 is 1. The number of nitro benzene ring substituents is 1. The molecule has 160 valence electrons. The van der Waals surface area contributed by atoms with Crippen molar-refractivity contribution in [2.45, 2.75) is 13.0 Å². The first-order chi connectivity index (χ1) is 14.9. The molecule has 1 aliphatic heterocycles. The van der Waals surface area contributed by atoms with Gasteiger partial charge in [-0.15, -0.1) is 0 Å². The Balaban J connectivity index is 1.85. The fourth-order valence-corrected chi connectivity index (χ4v) is 4.29. The SMILES string of the molecule is COC(=O)CCn1c(=NC(=O)c2cc(Cl)ccc2[N+](=O)[O-])sc2cc3c(cc21)OCO3. The Kier molecular flexibility index (Phi) is 5.61. The van der Waals surface area contributed by atoms with Crippen molar-refractivity contribution in [1.29, 1.82) is 0 Å². The molecule has 0 spiro atoms. The van der Waals surface area contributed by atoms with Crippen LogP contribution in [-0.4, -0.2) is 35.3 Å². The van der Waals surface area contributed by atoms with Crippen LogP contribution in [0.15, 0.2) is 35.3 Å². The first-order valence-corrected chi connectivity index (χ1v) is 10.1. The van der Waals surface area contributed by atoms with Crippen molar-refractivity contribution >= 4 is 50.7 Å². The van der Waals surface area contributed by atoms with E-state index in [-0.39, 0.29) is 35.1 Å². The predicted molar refractivity (Wildman–Crippen MR) is 111 cm³/mol. The minimum atomic E-state index is -0.826. The van der Waals surface area contributed by atoms with Crippen molar-refractivity contribution in [2.75, 3.05) is 13.9 Å². The van der Waals surface area contributed by atoms with Crippen LogP contribution in [-0.2, 0) is 16.1 Å². The lowest BCUT2D eigenvalue weighted by Crippen LogP contribution is -2.19. The lowest BCUT2D eigenvalue weighted by Gasteiger charge is -2.05. The monoisotopic (exact) mass is 463 g/mol. The minimum absolute atomic E-state index is 0.0372. The van der Waals surface area contributed by atoms with Crippen LogP contribution in [0, 0.1) is 10.1 Å². The van der Waals surface area contributed by atoms with Gasteiger partial charge in [0.15, 0.2) is 16.3 Å². The molecule has 31 heavy (non-hydrogen) atoms. The molecule has 0 fully saturated rings. The number of thiazole rings is 1. The first-order valence-electron chi connectivity index (χ1n) is 8.90. The van der Waals surface area contributed by atoms with Gasteiger partial charge in [0, 0.05) is 29.8 Å². The zero-order valence-corrected chi connectivity index (χ0v) is 17.6. The third-order valence-corrected chi connectivity index (χ3v) is 5.80. The highest BCUT2D eigenvalue weighted by molar-refractivity contribution is 7.16. The molecule has 0 aliphatic carbocycles. The number of hydrogen-bond acceptors (Lipinski definition) is 8. The van der Waals surface area contributed by atoms with Gasteiger partial charge in [0.05, 0.1) is 28.7 Å². The summed E-state index contributed by atoms with van der Waals surface area (Å²) >= 11 is 7.10. The van der Waals surface area contributed by atoms with Gasteiger partial charge < -0.3 is 18.8 Å². The van der Waals surface area contributed by atoms with E-state index in [1.807, 2.05) is 0 Å². The second-order valence-electron chi connectivity index (χ2n) is 6.37. The molecule has 0 bridgehead atoms. The maximum atomic E-state index is 12.8. The highest BCUT2D eigenvalue weighted by Crippen LogP contribution is 2.37. The molecule has 10 nitrogen and oxygen atoms in total. The van der Waals surface area contributed by atoms with Crippen LogP contribution in [0.4, 0.5) is 5.69 Å². The predicted octanol–water partition coefficient (Wildman–Crippen LogP) is 3.30. The van der Waals surface area contributed by atoms with E-state index in [0.717, 1.165) is 10.8 Å². The molecule has 1 aliphatic rings. The van der Waals surface area contributed by atoms with Crippen molar-refractivity contribution in [1.82, 2.24) is 4.57 Å². The summed E-state index contributed by atoms with van der Waals surface area (Å²) in [5, 5.41) is 11.5. The van der Waals surface area contributed by atoms with Gasteiger partial charge in [-0.25, -0.2) is 0 Å². The van der Waals surface area contributed by atoms with Gasteiger partial charge in [-0.2, -0.15) is 4.99 Å². The molecule has 3 aromatic rings. The highest BCUT2D eigenvalue weighted by Gasteiger charge is 2.22. The van der Waals surface area contributed by atoms with Crippen molar-refractivity contribution in [3.8, 4) is 11.5 Å². The van der Waals surface area contributed by atoms with E-state index in [9.17, 15) is 19.7 Å². The number of amides is 1. The third kappa shape index (κ3) is 4.09. The number of aromatic nitrogens is 1. The molecule has 12 heteroatoms. The van der Waals surface area contributed by atoms with E-state index in [0.29, 0.717) is 17.0 Å². The Morgan fingerprint density at radius 1 is 1.29 bits per heavy atom. The number of esters is 1. The molecule has 0 saturated carbocycles. The highest BCUT2D eigenvalue weighted by atomic mass is 35.5. The Bertz CT molecular complexity index is 1300. The van der Waals surface area contributed by atoms with E-state index in [1.54, 1.807) is 16.7 Å². The number of carbonyl (C=O) groups is 2. The number of nitrogens with zero attached hydrogens (tertiary/aromatic N) is 3. The Morgan fingerprint density at radius 3 is 2.74 bits per heavy atom. The maximum Gasteiger partial charge on any atom is 0.307 e. The van der Waals surface area contributed by atoms with Crippen LogP contribution in [0.3, 0.4) is 0 Å². The lowest BCUT2D eigenvalue weighted by molar-refractivity contribution is -0.385. The molecule has 0 saturated heterocycles. The van der Waals surface area contributed by atoms with Gasteiger partial charge in [0.25, 0.3) is 11.6 Å². The van der Waals surface area contributed by atoms with E-state index >= 15 is 0 Å². The van der Waals surface area contributed by atoms with Crippen LogP contribution >= 0.6 is 22.9 Å². The molecular weight excluding hydrogens is 450 g/mol. The Labute approximate surface area is 183 Å². The van der Waals surface area contributed by atoms with Gasteiger partial charge in [-0.3, -0.25) is 19.7 Å². The summed E-state index contributed by atoms with van der Waals surface area (Å²) in [6.45, 7) is 0.277. The number of hydrogen-bond donors (Lipinski definition) is 0. The van der Waals surface area contributed by atoms with E-state index in [4.69, 9.17) is 25.8 Å². The van der Waals surface area contributed by atoms with Crippen LogP contribution in [0.25, 0.3) is 10.2 Å². The van der Waals surface area contributed by atoms with Gasteiger partial charge >= 0.3 is 5.97 Å². The third-order valence-electron chi connectivity index (χ3n) is 4.53. The number of rotatable bonds is 5. The van der Waals surface area contributed by atoms with Crippen LogP contribution < -0.4 is 14.3 Å². The summed E-state index contributed by atoms with van der Waals surface area (Å²) in [5.74, 6) is -0.180. The Hall–Kier alpha value is -3.44. The summed E-state index contributed by atoms with van der Waals surface area (Å²) in [7, 11) is 1.28. The van der Waals surface area contributed by atoms with E-state index < -0.39 is 22.5 Å². The molecule has 0 N–H and O–H groups in total. The van der Waals surface area contributed by atoms with Crippen molar-refractivity contribution in [3.05, 3.63) is 55.8 Å². The molecule has 1 amide bonds. The van der Waals surface area contributed by atoms with Gasteiger partial charge in [-0.1, -0.05) is 22.9 Å². The number of ether oxygens (including phenoxy) is 3. The lowest BCUT2D eigenvalue weighted by atomic mass is 10.2. The summed E-state index contributed by atoms with van der Waals surface area (Å²) in [5.41, 5.74) is 0.0371. The standard InChI is InChI=1S/C19H14ClN3O7S/c1-28-17(24)4-5-22-13-7-14-15(30-9-29-14)8-16(13)31-19(22)21-18(25)11-6-10(20)2-3-12(11)23(26)27/h2-3,6-8H,4-5,9H2,1H3. The smallest absolute Gasteiger partial charge is 0.307 e. The summed E-state index contributed by atoms with van der Waals surface area (Å²) in [6.07, 6.45) is 0.0372. The zero-order chi connectivity index (χ0) is 22.1. The van der Waals surface area contributed by atoms with Gasteiger partial charge in [0.1, 0.15) is 5.56 Å². The van der Waals surface area contributed by atoms with Crippen LogP contribution in [0.5, 0.6) is 11.5 Å². The topological polar surface area (TPSA) is 122 Å². The van der Waals surface area contributed by atoms with Crippen molar-refractivity contribution in [3.63, 3.8) is 0 Å². The second-order valence-corrected chi connectivity index (χ2v) is 7.82. The zero-order valence-electron chi connectivity index (χ0n) is 16.0. The summed E-state index contributed by atoms with van der Waals surface area (Å²) in [6, 6.07) is 7.17. The molecule has 1 aromatic heterocycles. The fraction of sp³-hybridized carbons (Fsp3) is 0.211. The maximum absolute atomic E-state index is 12.8. The number of carbonyl (C=O) groups excluding carboxylic acids is 2. The minimum Gasteiger partial charge on any atom is -0.469 e. The van der Waals surface area contributed by atoms with Gasteiger partial charge in [0.2, 0.25) is 6.79 Å². The Morgan fingerprint density at radius 2 is 2.03 bits per heavy atom. The normalized spacial score (nSPS) is 12.9. The largest absolute Gasteiger partial charge is 0.469 e. The fourth-order valence-electron chi connectivity index (χ4n) is 3.05. The van der Waals surface area contributed by atoms with Crippen molar-refractivity contribution in [2.24, 2.45) is 4.99 Å². The molecule has 2 heterocycles. The number of benzene rings is 2. The molecular formula is C19H14ClN3O7S. The molecule has 0 atom stereocenters. The summed E-state index contributed by atoms with van der Waals surface area (Å²) in [4.78, 5) is 39.5. The average molecular weight is 464 g/mol. The second kappa shape index (κ2) is 8.36. The van der Waals surface area contributed by atoms with Crippen LogP contribution in [0.2, 0.25) is 5.02 Å². The molecule has 2 aromatic carbocycles. The van der Waals surface area contributed by atoms with Gasteiger partial charge in [-0.05, 0) is 12.1 Å². The number of fused-ring (bicyclic) bond motifs is 2. The van der Waals surface area contributed by atoms with E-state index in [1.165, 1.54) is 30.6 Å². The van der Waals surface area contributed by atoms with Crippen LogP contribution in [0.1, 0.15) is 16.8 Å². The average Bonchev–Trinajstić information content (AvgIpc) is 3.33. The van der Waals surface area contributed by atoms with Crippen molar-refractivity contribution < 1.29 is 28.7 Å². The number of halogens is 1. The molecule has 4 rings (SSSR count). The summed E-state index contributed by atoms with van der Waals surface area (Å²) < 4.78 is 17.9. The quantitative estimate of drug-likeness (QED) is 0.323. The molecule has 0 unspecified atom stereocenters.